The second-order valence-electron chi connectivity index (χ2n) is 24.9. The fourth-order valence-corrected chi connectivity index (χ4v) is 14.9. The van der Waals surface area contributed by atoms with Gasteiger partial charge in [0.15, 0.2) is 11.6 Å². The van der Waals surface area contributed by atoms with Crippen LogP contribution in [0.5, 0.6) is 0 Å². The molecular formula is C82H58N4. The molecule has 4 heteroatoms. The minimum absolute atomic E-state index is 0.0445. The van der Waals surface area contributed by atoms with Gasteiger partial charge in [0.05, 0.1) is 22.8 Å². The molecule has 4 nitrogen and oxygen atoms in total. The number of fused-ring (bicyclic) bond motifs is 6. The summed E-state index contributed by atoms with van der Waals surface area (Å²) in [5.74, 6) is 1.50. The summed E-state index contributed by atoms with van der Waals surface area (Å²) in [7, 11) is 0. The normalized spacial score (nSPS) is 15.6. The fourth-order valence-electron chi connectivity index (χ4n) is 14.9. The van der Waals surface area contributed by atoms with E-state index < -0.39 is 0 Å². The Hall–Kier alpha value is -10.4. The lowest BCUT2D eigenvalue weighted by Crippen LogP contribution is -2.27. The minimum atomic E-state index is -0.0654. The van der Waals surface area contributed by atoms with Crippen LogP contribution < -0.4 is 0 Å². The summed E-state index contributed by atoms with van der Waals surface area (Å²) in [6.07, 6.45) is 0. The van der Waals surface area contributed by atoms with Gasteiger partial charge in [-0.1, -0.05) is 258 Å². The van der Waals surface area contributed by atoms with E-state index in [1.807, 2.05) is 12.1 Å². The van der Waals surface area contributed by atoms with E-state index in [0.29, 0.717) is 11.6 Å². The lowest BCUT2D eigenvalue weighted by atomic mass is 9.60. The van der Waals surface area contributed by atoms with E-state index in [0.717, 1.165) is 56.2 Å². The van der Waals surface area contributed by atoms with Crippen molar-refractivity contribution in [3.63, 3.8) is 0 Å². The molecule has 0 spiro atoms. The van der Waals surface area contributed by atoms with Crippen molar-refractivity contribution in [3.8, 4) is 112 Å². The Balaban J connectivity index is 0.717. The Morgan fingerprint density at radius 2 is 0.535 bits per heavy atom. The Morgan fingerprint density at radius 1 is 0.221 bits per heavy atom. The van der Waals surface area contributed by atoms with Crippen molar-refractivity contribution in [1.29, 1.82) is 0 Å². The van der Waals surface area contributed by atoms with Crippen molar-refractivity contribution in [2.24, 2.45) is 0 Å². The molecule has 406 valence electrons. The van der Waals surface area contributed by atoms with Crippen LogP contribution in [0.2, 0.25) is 0 Å². The van der Waals surface area contributed by atoms with Gasteiger partial charge in [0.25, 0.3) is 0 Å². The molecular weight excluding hydrogens is 1040 g/mol. The highest BCUT2D eigenvalue weighted by Gasteiger charge is 2.42. The van der Waals surface area contributed by atoms with Gasteiger partial charge in [-0.05, 0) is 137 Å². The zero-order valence-corrected chi connectivity index (χ0v) is 48.3. The maximum absolute atomic E-state index is 5.35. The van der Waals surface area contributed by atoms with Crippen molar-refractivity contribution >= 4 is 0 Å². The quantitative estimate of drug-likeness (QED) is 0.152. The van der Waals surface area contributed by atoms with Crippen LogP contribution in [0.15, 0.2) is 267 Å². The number of aromatic nitrogens is 4. The molecule has 2 unspecified atom stereocenters. The molecule has 2 atom stereocenters. The van der Waals surface area contributed by atoms with Crippen molar-refractivity contribution in [2.45, 2.75) is 50.4 Å². The highest BCUT2D eigenvalue weighted by atomic mass is 14.9. The van der Waals surface area contributed by atoms with Crippen LogP contribution in [0.3, 0.4) is 0 Å². The van der Waals surface area contributed by atoms with E-state index in [2.05, 4.69) is 282 Å². The second kappa shape index (κ2) is 19.1. The van der Waals surface area contributed by atoms with Crippen LogP contribution in [0.25, 0.3) is 112 Å². The number of nitrogens with zero attached hydrogens (tertiary/aromatic N) is 4. The van der Waals surface area contributed by atoms with Crippen LogP contribution in [0, 0.1) is 0 Å². The van der Waals surface area contributed by atoms with Gasteiger partial charge >= 0.3 is 0 Å². The topological polar surface area (TPSA) is 51.6 Å². The summed E-state index contributed by atoms with van der Waals surface area (Å²) < 4.78 is 0. The van der Waals surface area contributed by atoms with Crippen LogP contribution >= 0.6 is 0 Å². The molecule has 0 fully saturated rings. The summed E-state index contributed by atoms with van der Waals surface area (Å²) in [5, 5.41) is 0. The van der Waals surface area contributed by atoms with Gasteiger partial charge in [-0.2, -0.15) is 0 Å². The molecule has 2 bridgehead atoms. The summed E-state index contributed by atoms with van der Waals surface area (Å²) >= 11 is 0. The zero-order chi connectivity index (χ0) is 57.4. The lowest BCUT2D eigenvalue weighted by Gasteiger charge is -2.42. The first-order chi connectivity index (χ1) is 42.1. The molecule has 0 radical (unpaired) electrons. The maximum atomic E-state index is 5.35. The van der Waals surface area contributed by atoms with Gasteiger partial charge in [-0.15, -0.1) is 0 Å². The van der Waals surface area contributed by atoms with E-state index in [9.17, 15) is 0 Å². The number of hydrogen-bond acceptors (Lipinski definition) is 4. The van der Waals surface area contributed by atoms with E-state index in [1.54, 1.807) is 0 Å². The van der Waals surface area contributed by atoms with Crippen molar-refractivity contribution in [3.05, 3.63) is 323 Å². The molecule has 0 amide bonds. The van der Waals surface area contributed by atoms with Crippen LogP contribution in [-0.4, -0.2) is 19.9 Å². The average Bonchev–Trinajstić information content (AvgIpc) is 1.05. The first-order valence-electron chi connectivity index (χ1n) is 30.1. The molecule has 5 aliphatic carbocycles. The second-order valence-corrected chi connectivity index (χ2v) is 24.9. The first kappa shape index (κ1) is 50.1. The zero-order valence-electron chi connectivity index (χ0n) is 48.3. The Kier molecular flexibility index (Phi) is 11.1. The Morgan fingerprint density at radius 3 is 0.953 bits per heavy atom. The van der Waals surface area contributed by atoms with Crippen molar-refractivity contribution < 1.29 is 0 Å². The van der Waals surface area contributed by atoms with Gasteiger partial charge < -0.3 is 0 Å². The molecule has 0 saturated carbocycles. The number of benzene rings is 11. The molecule has 11 aromatic carbocycles. The molecule has 0 saturated heterocycles. The van der Waals surface area contributed by atoms with Gasteiger partial charge in [-0.3, -0.25) is 0 Å². The molecule has 13 aromatic rings. The largest absolute Gasteiger partial charge is 0.228 e. The third-order valence-electron chi connectivity index (χ3n) is 19.3. The molecule has 86 heavy (non-hydrogen) atoms. The maximum Gasteiger partial charge on any atom is 0.160 e. The smallest absolute Gasteiger partial charge is 0.160 e. The minimum Gasteiger partial charge on any atom is -0.228 e. The number of rotatable bonds is 8. The Bertz CT molecular complexity index is 4610. The molecule has 5 aliphatic rings. The predicted octanol–water partition coefficient (Wildman–Crippen LogP) is 20.2. The van der Waals surface area contributed by atoms with E-state index in [4.69, 9.17) is 19.9 Å². The molecule has 0 aliphatic heterocycles. The molecule has 2 aromatic heterocycles. The molecule has 18 rings (SSSR count). The standard InChI is InChI=1S/C82H58N4/c1-81(2)69-25-15-13-21-59(69)61-39-35-55(45-71(61)81)49-27-31-51(32-28-49)73-47-75(85-79(83-73)53-17-7-5-8-18-53)57-37-41-65-67(43-57)77-63-23-11-12-24-64(63)78(65)68-44-58(38-42-66(68)77)76-48-74(84-80(86-76)54-19-9-6-10-20-54)52-33-29-50(30-34-52)56-36-40-62-60-22-14-16-26-70(60)82(3,4)72(62)46-56/h5-48,77-78H,1-4H3. The highest BCUT2D eigenvalue weighted by molar-refractivity contribution is 5.87. The fraction of sp³-hybridized carbons (Fsp3) is 0.0976. The predicted molar refractivity (Wildman–Crippen MR) is 351 cm³/mol. The van der Waals surface area contributed by atoms with Crippen LogP contribution in [0.1, 0.15) is 95.2 Å². The van der Waals surface area contributed by atoms with Gasteiger partial charge in [0, 0.05) is 56.0 Å². The molecule has 0 N–H and O–H groups in total. The van der Waals surface area contributed by atoms with Crippen LogP contribution in [-0.2, 0) is 10.8 Å². The van der Waals surface area contributed by atoms with Gasteiger partial charge in [-0.25, -0.2) is 19.9 Å². The third-order valence-corrected chi connectivity index (χ3v) is 19.3. The lowest BCUT2D eigenvalue weighted by molar-refractivity contribution is 0.660. The van der Waals surface area contributed by atoms with E-state index in [1.165, 1.54) is 100 Å². The Labute approximate surface area is 502 Å². The highest BCUT2D eigenvalue weighted by Crippen LogP contribution is 2.57. The van der Waals surface area contributed by atoms with Crippen molar-refractivity contribution in [1.82, 2.24) is 19.9 Å². The van der Waals surface area contributed by atoms with Crippen LogP contribution in [0.4, 0.5) is 0 Å². The summed E-state index contributed by atoms with van der Waals surface area (Å²) in [4.78, 5) is 21.2. The summed E-state index contributed by atoms with van der Waals surface area (Å²) in [6.45, 7) is 9.37. The van der Waals surface area contributed by atoms with Gasteiger partial charge in [0.1, 0.15) is 0 Å². The SMILES string of the molecule is CC1(C)c2ccccc2-c2ccc(-c3ccc(-c4cc(-c5ccc6c(c5)C5c7ccccc7C6c6cc(-c7cc(-c8ccc(-c9ccc%10c(c9)C(C)(C)c9ccccc9-%10)cc8)nc(-c8ccccc8)n7)ccc65)nc(-c5ccccc5)n4)cc3)cc21. The first-order valence-corrected chi connectivity index (χ1v) is 30.1. The van der Waals surface area contributed by atoms with E-state index >= 15 is 0 Å². The number of hydrogen-bond donors (Lipinski definition) is 0. The average molecular weight is 1100 g/mol. The van der Waals surface area contributed by atoms with Gasteiger partial charge in [0.2, 0.25) is 0 Å². The van der Waals surface area contributed by atoms with E-state index in [-0.39, 0.29) is 22.7 Å². The third kappa shape index (κ3) is 7.82. The summed E-state index contributed by atoms with van der Waals surface area (Å²) in [5.41, 5.74) is 33.3. The molecule has 2 heterocycles. The van der Waals surface area contributed by atoms with Crippen molar-refractivity contribution in [2.75, 3.05) is 0 Å². The summed E-state index contributed by atoms with van der Waals surface area (Å²) in [6, 6.07) is 97.7. The monoisotopic (exact) mass is 1100 g/mol.